The van der Waals surface area contributed by atoms with Crippen molar-refractivity contribution in [2.45, 2.75) is 37.8 Å². The number of hydrogen-bond acceptors (Lipinski definition) is 6. The molecule has 36 heavy (non-hydrogen) atoms. The normalized spacial score (nSPS) is 18.8. The molecule has 5 rings (SSSR count). The molecule has 0 spiro atoms. The Morgan fingerprint density at radius 2 is 1.92 bits per heavy atom. The number of aromatic nitrogens is 2. The Morgan fingerprint density at radius 1 is 1.19 bits per heavy atom. The van der Waals surface area contributed by atoms with Gasteiger partial charge in [0, 0.05) is 24.0 Å². The van der Waals surface area contributed by atoms with Gasteiger partial charge in [-0.1, -0.05) is 24.3 Å². The van der Waals surface area contributed by atoms with Crippen LogP contribution in [0.4, 0.5) is 18.9 Å². The lowest BCUT2D eigenvalue weighted by Gasteiger charge is -2.40. The Kier molecular flexibility index (Phi) is 6.57. The Balaban J connectivity index is 1.38. The van der Waals surface area contributed by atoms with Gasteiger partial charge in [-0.15, -0.1) is 0 Å². The van der Waals surface area contributed by atoms with E-state index in [2.05, 4.69) is 15.5 Å². The van der Waals surface area contributed by atoms with Gasteiger partial charge in [-0.3, -0.25) is 4.79 Å². The molecule has 3 heterocycles. The molecule has 2 aliphatic rings. The third-order valence-electron chi connectivity index (χ3n) is 7.20. The third kappa shape index (κ3) is 4.51. The molecule has 0 bridgehead atoms. The number of hydrogen-bond donors (Lipinski definition) is 2. The fourth-order valence-electron chi connectivity index (χ4n) is 4.87. The number of benzene rings is 2. The summed E-state index contributed by atoms with van der Waals surface area (Å²) in [4.78, 5) is 14.3. The molecular formula is C26H27F3N4O3. The lowest BCUT2D eigenvalue weighted by atomic mass is 9.83. The maximum atomic E-state index is 14.7. The fourth-order valence-corrected chi connectivity index (χ4v) is 4.87. The summed E-state index contributed by atoms with van der Waals surface area (Å²) in [6, 6.07) is 8.69. The molecule has 2 fully saturated rings. The lowest BCUT2D eigenvalue weighted by molar-refractivity contribution is -0.154. The summed E-state index contributed by atoms with van der Waals surface area (Å²) in [6.07, 6.45) is -0.640. The summed E-state index contributed by atoms with van der Waals surface area (Å²) in [5.74, 6) is -0.957. The molecule has 10 heteroatoms. The van der Waals surface area contributed by atoms with Gasteiger partial charge in [0.1, 0.15) is 5.82 Å². The molecule has 1 aromatic heterocycles. The van der Waals surface area contributed by atoms with Crippen LogP contribution in [0.15, 0.2) is 42.6 Å². The minimum Gasteiger partial charge on any atom is -0.385 e. The van der Waals surface area contributed by atoms with Gasteiger partial charge in [-0.05, 0) is 37.5 Å². The number of carbonyl (C=O) groups is 1. The number of carbonyl (C=O) groups excluding carboxylic acids is 1. The van der Waals surface area contributed by atoms with E-state index in [1.165, 1.54) is 18.3 Å². The van der Waals surface area contributed by atoms with Crippen molar-refractivity contribution in [1.29, 1.82) is 0 Å². The second-order valence-corrected chi connectivity index (χ2v) is 9.50. The van der Waals surface area contributed by atoms with Crippen molar-refractivity contribution in [3.8, 4) is 0 Å². The maximum Gasteiger partial charge on any atom is 0.266 e. The Hall–Kier alpha value is -3.24. The predicted octanol–water partition coefficient (Wildman–Crippen LogP) is 4.34. The number of amides is 1. The van der Waals surface area contributed by atoms with E-state index < -0.39 is 29.4 Å². The molecule has 2 saturated heterocycles. The summed E-state index contributed by atoms with van der Waals surface area (Å²) < 4.78 is 46.1. The number of rotatable bonds is 6. The van der Waals surface area contributed by atoms with E-state index in [-0.39, 0.29) is 17.4 Å². The molecule has 2 aromatic carbocycles. The number of nitrogens with one attached hydrogen (secondary N) is 1. The molecule has 3 aromatic rings. The minimum atomic E-state index is -2.91. The quantitative estimate of drug-likeness (QED) is 0.524. The Morgan fingerprint density at radius 3 is 2.58 bits per heavy atom. The van der Waals surface area contributed by atoms with E-state index >= 15 is 0 Å². The monoisotopic (exact) mass is 500 g/mol. The molecule has 190 valence electrons. The zero-order valence-electron chi connectivity index (χ0n) is 19.8. The minimum absolute atomic E-state index is 0.0701. The topological polar surface area (TPSA) is 87.6 Å². The second kappa shape index (κ2) is 9.67. The van der Waals surface area contributed by atoms with Crippen LogP contribution in [0.2, 0.25) is 0 Å². The Labute approximate surface area is 206 Å². The summed E-state index contributed by atoms with van der Waals surface area (Å²) in [5.41, 5.74) is 0.143. The summed E-state index contributed by atoms with van der Waals surface area (Å²) in [7, 11) is 0. The number of halogens is 3. The van der Waals surface area contributed by atoms with Crippen LogP contribution in [0.1, 0.15) is 48.9 Å². The number of alkyl halides is 2. The van der Waals surface area contributed by atoms with Gasteiger partial charge in [0.2, 0.25) is 5.91 Å². The average Bonchev–Trinajstić information content (AvgIpc) is 2.83. The highest BCUT2D eigenvalue weighted by Crippen LogP contribution is 2.37. The first kappa shape index (κ1) is 24.5. The number of piperidine rings is 1. The first-order valence-electron chi connectivity index (χ1n) is 11.9. The van der Waals surface area contributed by atoms with Crippen molar-refractivity contribution in [1.82, 2.24) is 15.1 Å². The first-order valence-corrected chi connectivity index (χ1v) is 11.9. The van der Waals surface area contributed by atoms with Crippen LogP contribution in [0.5, 0.6) is 0 Å². The molecule has 1 atom stereocenters. The van der Waals surface area contributed by atoms with Crippen molar-refractivity contribution >= 4 is 22.5 Å². The molecule has 0 radical (unpaired) electrons. The van der Waals surface area contributed by atoms with Crippen LogP contribution < -0.4 is 5.32 Å². The zero-order chi connectivity index (χ0) is 25.4. The van der Waals surface area contributed by atoms with Gasteiger partial charge < -0.3 is 20.1 Å². The van der Waals surface area contributed by atoms with Crippen molar-refractivity contribution in [2.75, 3.05) is 31.6 Å². The van der Waals surface area contributed by atoms with Crippen LogP contribution in [0.3, 0.4) is 0 Å². The SMILES string of the molecule is C[C@@H](Nc1cnnc2ccc(C3(O)CCN(C(=O)C4COC4)CC3)cc12)c1cccc(C(F)F)c1F. The van der Waals surface area contributed by atoms with E-state index in [1.54, 1.807) is 24.0 Å². The van der Waals surface area contributed by atoms with Gasteiger partial charge in [0.15, 0.2) is 0 Å². The van der Waals surface area contributed by atoms with E-state index in [9.17, 15) is 23.1 Å². The molecule has 1 amide bonds. The summed E-state index contributed by atoms with van der Waals surface area (Å²) in [5, 5.41) is 23.4. The first-order chi connectivity index (χ1) is 17.3. The number of fused-ring (bicyclic) bond motifs is 1. The van der Waals surface area contributed by atoms with Crippen LogP contribution in [-0.4, -0.2) is 52.4 Å². The molecule has 2 N–H and O–H groups in total. The third-order valence-corrected chi connectivity index (χ3v) is 7.20. The highest BCUT2D eigenvalue weighted by molar-refractivity contribution is 5.91. The highest BCUT2D eigenvalue weighted by atomic mass is 19.3. The molecule has 0 aliphatic carbocycles. The number of anilines is 1. The van der Waals surface area contributed by atoms with Crippen LogP contribution in [0.25, 0.3) is 10.9 Å². The van der Waals surface area contributed by atoms with Crippen LogP contribution >= 0.6 is 0 Å². The zero-order valence-corrected chi connectivity index (χ0v) is 19.8. The number of nitrogens with zero attached hydrogens (tertiary/aromatic N) is 3. The van der Waals surface area contributed by atoms with Gasteiger partial charge >= 0.3 is 0 Å². The molecule has 7 nitrogen and oxygen atoms in total. The van der Waals surface area contributed by atoms with Gasteiger partial charge in [-0.2, -0.15) is 10.2 Å². The van der Waals surface area contributed by atoms with E-state index in [1.807, 2.05) is 6.07 Å². The van der Waals surface area contributed by atoms with Crippen LogP contribution in [-0.2, 0) is 15.1 Å². The molecule has 0 saturated carbocycles. The maximum absolute atomic E-state index is 14.7. The van der Waals surface area contributed by atoms with E-state index in [0.29, 0.717) is 61.3 Å². The van der Waals surface area contributed by atoms with Crippen LogP contribution in [0, 0.1) is 11.7 Å². The number of likely N-dealkylation sites (tertiary alicyclic amines) is 1. The largest absolute Gasteiger partial charge is 0.385 e. The number of ether oxygens (including phenoxy) is 1. The van der Waals surface area contributed by atoms with Crippen molar-refractivity contribution < 1.29 is 27.8 Å². The van der Waals surface area contributed by atoms with E-state index in [0.717, 1.165) is 6.07 Å². The standard InChI is InChI=1S/C26H27F3N4O3/c1-15(18-3-2-4-19(23(18)27)24(28)29)31-22-12-30-32-21-6-5-17(11-20(21)22)26(35)7-9-33(10-8-26)25(34)16-13-36-14-16/h2-6,11-12,15-16,24,35H,7-10,13-14H2,1H3,(H,31,32)/t15-/m1/s1. The number of aliphatic hydroxyl groups is 1. The average molecular weight is 501 g/mol. The molecule has 2 aliphatic heterocycles. The molecular weight excluding hydrogens is 473 g/mol. The van der Waals surface area contributed by atoms with Crippen molar-refractivity contribution in [2.24, 2.45) is 5.92 Å². The van der Waals surface area contributed by atoms with Gasteiger partial charge in [0.25, 0.3) is 6.43 Å². The van der Waals surface area contributed by atoms with Gasteiger partial charge in [0.05, 0.1) is 53.7 Å². The van der Waals surface area contributed by atoms with E-state index in [4.69, 9.17) is 4.74 Å². The second-order valence-electron chi connectivity index (χ2n) is 9.50. The van der Waals surface area contributed by atoms with Crippen molar-refractivity contribution in [3.63, 3.8) is 0 Å². The summed E-state index contributed by atoms with van der Waals surface area (Å²) >= 11 is 0. The highest BCUT2D eigenvalue weighted by Gasteiger charge is 2.38. The Bertz CT molecular complexity index is 1280. The van der Waals surface area contributed by atoms with Gasteiger partial charge in [-0.25, -0.2) is 13.2 Å². The molecule has 0 unspecified atom stereocenters. The summed E-state index contributed by atoms with van der Waals surface area (Å²) in [6.45, 7) is 3.48. The predicted molar refractivity (Wildman–Crippen MR) is 127 cm³/mol. The van der Waals surface area contributed by atoms with Crippen molar-refractivity contribution in [3.05, 3.63) is 65.1 Å². The smallest absolute Gasteiger partial charge is 0.266 e. The lowest BCUT2D eigenvalue weighted by Crippen LogP contribution is -2.50. The fraction of sp³-hybridized carbons (Fsp3) is 0.423.